The lowest BCUT2D eigenvalue weighted by molar-refractivity contribution is -0.125. The maximum Gasteiger partial charge on any atom is 0.338 e. The van der Waals surface area contributed by atoms with Crippen molar-refractivity contribution in [1.29, 1.82) is 0 Å². The van der Waals surface area contributed by atoms with Crippen LogP contribution in [0.25, 0.3) is 0 Å². The maximum atomic E-state index is 12.1. The van der Waals surface area contributed by atoms with Crippen molar-refractivity contribution in [1.82, 2.24) is 5.32 Å². The Morgan fingerprint density at radius 1 is 1.08 bits per heavy atom. The van der Waals surface area contributed by atoms with Crippen LogP contribution in [-0.2, 0) is 9.53 Å². The van der Waals surface area contributed by atoms with E-state index in [1.807, 2.05) is 37.3 Å². The fourth-order valence-electron chi connectivity index (χ4n) is 2.37. The average Bonchev–Trinajstić information content (AvgIpc) is 2.62. The zero-order valence-corrected chi connectivity index (χ0v) is 15.3. The minimum absolute atomic E-state index is 0.109. The standard InChI is InChI=1S/C19H19Cl2NO3/c1-2-6-17(13-7-4-3-5-8-13)22-18(23)12-25-19(24)14-9-10-15(20)16(21)11-14/h3-5,7-11,17H,2,6,12H2,1H3,(H,22,23)/t17-/m0/s1. The number of amides is 1. The largest absolute Gasteiger partial charge is 0.452 e. The van der Waals surface area contributed by atoms with Gasteiger partial charge in [0.15, 0.2) is 6.61 Å². The zero-order chi connectivity index (χ0) is 18.2. The number of hydrogen-bond acceptors (Lipinski definition) is 3. The number of rotatable bonds is 7. The predicted molar refractivity (Wildman–Crippen MR) is 99.0 cm³/mol. The first kappa shape index (κ1) is 19.3. The Balaban J connectivity index is 1.92. The quantitative estimate of drug-likeness (QED) is 0.702. The summed E-state index contributed by atoms with van der Waals surface area (Å²) in [7, 11) is 0. The number of carbonyl (C=O) groups is 2. The van der Waals surface area contributed by atoms with Crippen LogP contribution in [0.1, 0.15) is 41.7 Å². The molecule has 132 valence electrons. The number of esters is 1. The fourth-order valence-corrected chi connectivity index (χ4v) is 2.67. The van der Waals surface area contributed by atoms with E-state index in [4.69, 9.17) is 27.9 Å². The Kier molecular flexibility index (Phi) is 7.29. The van der Waals surface area contributed by atoms with E-state index < -0.39 is 5.97 Å². The second-order valence-corrected chi connectivity index (χ2v) is 6.34. The van der Waals surface area contributed by atoms with Gasteiger partial charge in [-0.25, -0.2) is 4.79 Å². The van der Waals surface area contributed by atoms with Crippen molar-refractivity contribution in [3.63, 3.8) is 0 Å². The molecule has 0 spiro atoms. The summed E-state index contributed by atoms with van der Waals surface area (Å²) in [5, 5.41) is 3.50. The van der Waals surface area contributed by atoms with E-state index in [-0.39, 0.29) is 29.1 Å². The van der Waals surface area contributed by atoms with E-state index in [0.29, 0.717) is 5.02 Å². The van der Waals surface area contributed by atoms with Crippen molar-refractivity contribution in [2.45, 2.75) is 25.8 Å². The molecule has 0 saturated heterocycles. The van der Waals surface area contributed by atoms with Crippen LogP contribution in [0, 0.1) is 0 Å². The van der Waals surface area contributed by atoms with Gasteiger partial charge in [-0.15, -0.1) is 0 Å². The first-order chi connectivity index (χ1) is 12.0. The number of nitrogens with one attached hydrogen (secondary N) is 1. The molecule has 0 fully saturated rings. The maximum absolute atomic E-state index is 12.1. The molecule has 2 aromatic rings. The van der Waals surface area contributed by atoms with Gasteiger partial charge in [-0.3, -0.25) is 4.79 Å². The van der Waals surface area contributed by atoms with Crippen molar-refractivity contribution in [2.75, 3.05) is 6.61 Å². The Morgan fingerprint density at radius 2 is 1.80 bits per heavy atom. The summed E-state index contributed by atoms with van der Waals surface area (Å²) >= 11 is 11.7. The van der Waals surface area contributed by atoms with Gasteiger partial charge in [0.1, 0.15) is 0 Å². The van der Waals surface area contributed by atoms with Crippen LogP contribution in [0.4, 0.5) is 0 Å². The third-order valence-corrected chi connectivity index (χ3v) is 4.34. The second-order valence-electron chi connectivity index (χ2n) is 5.52. The molecule has 0 saturated carbocycles. The topological polar surface area (TPSA) is 55.4 Å². The minimum atomic E-state index is -0.625. The van der Waals surface area contributed by atoms with Gasteiger partial charge >= 0.3 is 5.97 Å². The molecule has 1 amide bonds. The lowest BCUT2D eigenvalue weighted by atomic mass is 10.0. The lowest BCUT2D eigenvalue weighted by Crippen LogP contribution is -2.32. The molecular formula is C19H19Cl2NO3. The van der Waals surface area contributed by atoms with Gasteiger partial charge in [0.25, 0.3) is 5.91 Å². The summed E-state index contributed by atoms with van der Waals surface area (Å²) in [6.07, 6.45) is 1.72. The van der Waals surface area contributed by atoms with Crippen molar-refractivity contribution < 1.29 is 14.3 Å². The highest BCUT2D eigenvalue weighted by molar-refractivity contribution is 6.42. The van der Waals surface area contributed by atoms with Crippen LogP contribution in [0.3, 0.4) is 0 Å². The summed E-state index contributed by atoms with van der Waals surface area (Å²) in [5.41, 5.74) is 1.27. The zero-order valence-electron chi connectivity index (χ0n) is 13.8. The highest BCUT2D eigenvalue weighted by Crippen LogP contribution is 2.23. The van der Waals surface area contributed by atoms with Crippen LogP contribution < -0.4 is 5.32 Å². The van der Waals surface area contributed by atoms with Gasteiger partial charge in [0.05, 0.1) is 21.7 Å². The van der Waals surface area contributed by atoms with Crippen LogP contribution in [0.2, 0.25) is 10.0 Å². The molecule has 6 heteroatoms. The molecular weight excluding hydrogens is 361 g/mol. The number of benzene rings is 2. The number of halogens is 2. The molecule has 0 unspecified atom stereocenters. The van der Waals surface area contributed by atoms with Crippen molar-refractivity contribution >= 4 is 35.1 Å². The van der Waals surface area contributed by atoms with Gasteiger partial charge in [-0.05, 0) is 30.2 Å². The SMILES string of the molecule is CCC[C@H](NC(=O)COC(=O)c1ccc(Cl)c(Cl)c1)c1ccccc1. The summed E-state index contributed by atoms with van der Waals surface area (Å²) in [5.74, 6) is -0.976. The summed E-state index contributed by atoms with van der Waals surface area (Å²) in [6.45, 7) is 1.69. The van der Waals surface area contributed by atoms with E-state index in [9.17, 15) is 9.59 Å². The first-order valence-electron chi connectivity index (χ1n) is 7.97. The Hall–Kier alpha value is -2.04. The third kappa shape index (κ3) is 5.76. The molecule has 1 atom stereocenters. The van der Waals surface area contributed by atoms with Gasteiger partial charge in [-0.2, -0.15) is 0 Å². The fraction of sp³-hybridized carbons (Fsp3) is 0.263. The Bertz CT molecular complexity index is 735. The van der Waals surface area contributed by atoms with E-state index in [1.165, 1.54) is 18.2 Å². The highest BCUT2D eigenvalue weighted by atomic mass is 35.5. The van der Waals surface area contributed by atoms with Crippen molar-refractivity contribution in [3.8, 4) is 0 Å². The molecule has 1 N–H and O–H groups in total. The molecule has 0 aliphatic carbocycles. The monoisotopic (exact) mass is 379 g/mol. The summed E-state index contributed by atoms with van der Waals surface area (Å²) in [4.78, 5) is 24.1. The number of hydrogen-bond donors (Lipinski definition) is 1. The predicted octanol–water partition coefficient (Wildman–Crippen LogP) is 4.81. The normalized spacial score (nSPS) is 11.6. The molecule has 2 aromatic carbocycles. The molecule has 0 bridgehead atoms. The molecule has 0 aliphatic heterocycles. The lowest BCUT2D eigenvalue weighted by Gasteiger charge is -2.18. The van der Waals surface area contributed by atoms with E-state index in [2.05, 4.69) is 5.32 Å². The number of ether oxygens (including phenoxy) is 1. The summed E-state index contributed by atoms with van der Waals surface area (Å²) < 4.78 is 5.05. The van der Waals surface area contributed by atoms with Crippen LogP contribution in [-0.4, -0.2) is 18.5 Å². The Labute approximate surface area is 157 Å². The first-order valence-corrected chi connectivity index (χ1v) is 8.73. The van der Waals surface area contributed by atoms with Gasteiger partial charge in [0.2, 0.25) is 0 Å². The second kappa shape index (κ2) is 9.44. The minimum Gasteiger partial charge on any atom is -0.452 e. The third-order valence-electron chi connectivity index (χ3n) is 3.60. The molecule has 0 radical (unpaired) electrons. The molecule has 4 nitrogen and oxygen atoms in total. The highest BCUT2D eigenvalue weighted by Gasteiger charge is 2.16. The van der Waals surface area contributed by atoms with E-state index >= 15 is 0 Å². The number of carbonyl (C=O) groups excluding carboxylic acids is 2. The molecule has 0 heterocycles. The van der Waals surface area contributed by atoms with E-state index in [1.54, 1.807) is 0 Å². The smallest absolute Gasteiger partial charge is 0.338 e. The van der Waals surface area contributed by atoms with E-state index in [0.717, 1.165) is 18.4 Å². The van der Waals surface area contributed by atoms with Crippen LogP contribution in [0.5, 0.6) is 0 Å². The van der Waals surface area contributed by atoms with Crippen molar-refractivity contribution in [3.05, 3.63) is 69.7 Å². The van der Waals surface area contributed by atoms with Crippen LogP contribution >= 0.6 is 23.2 Å². The molecule has 0 aliphatic rings. The van der Waals surface area contributed by atoms with Crippen LogP contribution in [0.15, 0.2) is 48.5 Å². The van der Waals surface area contributed by atoms with Gasteiger partial charge in [0, 0.05) is 0 Å². The van der Waals surface area contributed by atoms with Gasteiger partial charge in [-0.1, -0.05) is 66.9 Å². The molecule has 0 aromatic heterocycles. The summed E-state index contributed by atoms with van der Waals surface area (Å²) in [6, 6.07) is 14.0. The molecule has 2 rings (SSSR count). The van der Waals surface area contributed by atoms with Crippen molar-refractivity contribution in [2.24, 2.45) is 0 Å². The Morgan fingerprint density at radius 3 is 2.44 bits per heavy atom. The molecule has 25 heavy (non-hydrogen) atoms. The average molecular weight is 380 g/mol. The van der Waals surface area contributed by atoms with Gasteiger partial charge < -0.3 is 10.1 Å².